The second kappa shape index (κ2) is 6.74. The van der Waals surface area contributed by atoms with Gasteiger partial charge in [0.2, 0.25) is 0 Å². The van der Waals surface area contributed by atoms with E-state index < -0.39 is 17.5 Å². The maximum absolute atomic E-state index is 12.4. The molecule has 0 amide bonds. The Morgan fingerprint density at radius 3 is 2.06 bits per heavy atom. The highest BCUT2D eigenvalue weighted by atomic mass is 16.5. The molecule has 0 fully saturated rings. The summed E-state index contributed by atoms with van der Waals surface area (Å²) in [5.41, 5.74) is -0.915. The van der Waals surface area contributed by atoms with Gasteiger partial charge >= 0.3 is 5.97 Å². The quantitative estimate of drug-likeness (QED) is 0.509. The predicted molar refractivity (Wildman–Crippen MR) is 65.7 cm³/mol. The third-order valence-corrected chi connectivity index (χ3v) is 3.14. The van der Waals surface area contributed by atoms with Crippen molar-refractivity contribution in [2.45, 2.75) is 46.6 Å². The lowest BCUT2D eigenvalue weighted by Gasteiger charge is -2.30. The molecule has 0 N–H and O–H groups in total. The standard InChI is InChI=1S/C13H24O4/c1-7-13(5,16-6)11(14)10(9(3)4)12(15)17-8-2/h9-10H,7-8H2,1-6H3. The first kappa shape index (κ1) is 16.1. The van der Waals surface area contributed by atoms with Crippen molar-refractivity contribution in [1.82, 2.24) is 0 Å². The van der Waals surface area contributed by atoms with Crippen molar-refractivity contribution in [2.24, 2.45) is 11.8 Å². The maximum Gasteiger partial charge on any atom is 0.316 e. The van der Waals surface area contributed by atoms with Crippen molar-refractivity contribution in [3.8, 4) is 0 Å². The Bertz CT molecular complexity index is 267. The molecule has 0 heterocycles. The topological polar surface area (TPSA) is 52.6 Å². The van der Waals surface area contributed by atoms with E-state index in [1.54, 1.807) is 13.8 Å². The number of hydrogen-bond donors (Lipinski definition) is 0. The molecule has 100 valence electrons. The van der Waals surface area contributed by atoms with Gasteiger partial charge in [-0.15, -0.1) is 0 Å². The fourth-order valence-corrected chi connectivity index (χ4v) is 1.66. The van der Waals surface area contributed by atoms with Gasteiger partial charge < -0.3 is 9.47 Å². The summed E-state index contributed by atoms with van der Waals surface area (Å²) in [5.74, 6) is -1.50. The van der Waals surface area contributed by atoms with E-state index in [0.717, 1.165) is 0 Å². The molecule has 0 aliphatic carbocycles. The van der Waals surface area contributed by atoms with Gasteiger partial charge in [0.25, 0.3) is 0 Å². The van der Waals surface area contributed by atoms with Crippen LogP contribution in [0.3, 0.4) is 0 Å². The number of ether oxygens (including phenoxy) is 2. The largest absolute Gasteiger partial charge is 0.465 e. The Balaban J connectivity index is 5.07. The molecule has 0 aromatic carbocycles. The lowest BCUT2D eigenvalue weighted by molar-refractivity contribution is -0.161. The van der Waals surface area contributed by atoms with Crippen LogP contribution in [0.25, 0.3) is 0 Å². The highest BCUT2D eigenvalue weighted by molar-refractivity contribution is 6.03. The monoisotopic (exact) mass is 244 g/mol. The molecule has 0 aliphatic heterocycles. The smallest absolute Gasteiger partial charge is 0.316 e. The fourth-order valence-electron chi connectivity index (χ4n) is 1.66. The van der Waals surface area contributed by atoms with Gasteiger partial charge in [-0.1, -0.05) is 20.8 Å². The molecule has 0 rings (SSSR count). The number of ketones is 1. The van der Waals surface area contributed by atoms with Crippen molar-refractivity contribution in [3.63, 3.8) is 0 Å². The summed E-state index contributed by atoms with van der Waals surface area (Å²) in [7, 11) is 1.49. The number of methoxy groups -OCH3 is 1. The molecular formula is C13H24O4. The summed E-state index contributed by atoms with van der Waals surface area (Å²) in [4.78, 5) is 24.2. The van der Waals surface area contributed by atoms with Crippen LogP contribution in [-0.4, -0.2) is 31.1 Å². The van der Waals surface area contributed by atoms with Crippen LogP contribution in [0.2, 0.25) is 0 Å². The zero-order valence-corrected chi connectivity index (χ0v) is 11.7. The number of Topliss-reactive ketones (excluding diaryl/α,β-unsaturated/α-hetero) is 1. The normalized spacial score (nSPS) is 16.4. The number of esters is 1. The Morgan fingerprint density at radius 2 is 1.76 bits per heavy atom. The van der Waals surface area contributed by atoms with E-state index in [2.05, 4.69) is 0 Å². The summed E-state index contributed by atoms with van der Waals surface area (Å²) >= 11 is 0. The Labute approximate surface area is 104 Å². The molecular weight excluding hydrogens is 220 g/mol. The molecule has 17 heavy (non-hydrogen) atoms. The van der Waals surface area contributed by atoms with Gasteiger partial charge in [0.1, 0.15) is 11.5 Å². The summed E-state index contributed by atoms with van der Waals surface area (Å²) in [6.07, 6.45) is 0.533. The van der Waals surface area contributed by atoms with Crippen molar-refractivity contribution in [2.75, 3.05) is 13.7 Å². The molecule has 2 atom stereocenters. The van der Waals surface area contributed by atoms with Crippen LogP contribution in [0, 0.1) is 11.8 Å². The van der Waals surface area contributed by atoms with Crippen molar-refractivity contribution in [3.05, 3.63) is 0 Å². The van der Waals surface area contributed by atoms with E-state index in [1.165, 1.54) is 7.11 Å². The number of rotatable bonds is 7. The first-order valence-corrected chi connectivity index (χ1v) is 6.10. The molecule has 0 aliphatic rings. The van der Waals surface area contributed by atoms with Crippen LogP contribution >= 0.6 is 0 Å². The van der Waals surface area contributed by atoms with Crippen LogP contribution in [0.4, 0.5) is 0 Å². The minimum Gasteiger partial charge on any atom is -0.465 e. The first-order valence-electron chi connectivity index (χ1n) is 6.10. The molecule has 4 nitrogen and oxygen atoms in total. The third-order valence-electron chi connectivity index (χ3n) is 3.14. The van der Waals surface area contributed by atoms with Crippen LogP contribution in [0.15, 0.2) is 0 Å². The summed E-state index contributed by atoms with van der Waals surface area (Å²) in [6, 6.07) is 0. The van der Waals surface area contributed by atoms with E-state index in [9.17, 15) is 9.59 Å². The van der Waals surface area contributed by atoms with E-state index in [4.69, 9.17) is 9.47 Å². The van der Waals surface area contributed by atoms with Gasteiger partial charge in [0.05, 0.1) is 6.61 Å². The Kier molecular flexibility index (Phi) is 6.39. The second-order valence-corrected chi connectivity index (χ2v) is 4.63. The van der Waals surface area contributed by atoms with Crippen LogP contribution in [-0.2, 0) is 19.1 Å². The average Bonchev–Trinajstić information content (AvgIpc) is 2.27. The lowest BCUT2D eigenvalue weighted by atomic mass is 9.82. The molecule has 0 saturated carbocycles. The van der Waals surface area contributed by atoms with E-state index in [-0.39, 0.29) is 18.3 Å². The zero-order valence-electron chi connectivity index (χ0n) is 11.7. The van der Waals surface area contributed by atoms with Crippen LogP contribution in [0.1, 0.15) is 41.0 Å². The van der Waals surface area contributed by atoms with E-state index >= 15 is 0 Å². The summed E-state index contributed by atoms with van der Waals surface area (Å²) in [5, 5.41) is 0. The van der Waals surface area contributed by atoms with Gasteiger partial charge in [-0.3, -0.25) is 9.59 Å². The molecule has 2 unspecified atom stereocenters. The van der Waals surface area contributed by atoms with Crippen molar-refractivity contribution in [1.29, 1.82) is 0 Å². The minimum absolute atomic E-state index is 0.0948. The number of carbonyl (C=O) groups excluding carboxylic acids is 2. The fraction of sp³-hybridized carbons (Fsp3) is 0.846. The van der Waals surface area contributed by atoms with Gasteiger partial charge in [0, 0.05) is 7.11 Å². The lowest BCUT2D eigenvalue weighted by Crippen LogP contribution is -2.46. The van der Waals surface area contributed by atoms with Crippen LogP contribution in [0.5, 0.6) is 0 Å². The molecule has 0 spiro atoms. The van der Waals surface area contributed by atoms with Crippen molar-refractivity contribution < 1.29 is 19.1 Å². The van der Waals surface area contributed by atoms with Gasteiger partial charge in [0.15, 0.2) is 5.78 Å². The van der Waals surface area contributed by atoms with E-state index in [1.807, 2.05) is 20.8 Å². The zero-order chi connectivity index (χ0) is 13.6. The van der Waals surface area contributed by atoms with Gasteiger partial charge in [-0.05, 0) is 26.2 Å². The third kappa shape index (κ3) is 3.80. The molecule has 0 aromatic rings. The minimum atomic E-state index is -0.915. The average molecular weight is 244 g/mol. The highest BCUT2D eigenvalue weighted by Gasteiger charge is 2.42. The maximum atomic E-state index is 12.4. The molecule has 0 bridgehead atoms. The first-order chi connectivity index (χ1) is 7.83. The molecule has 0 radical (unpaired) electrons. The summed E-state index contributed by atoms with van der Waals surface area (Å²) in [6.45, 7) is 9.27. The highest BCUT2D eigenvalue weighted by Crippen LogP contribution is 2.25. The van der Waals surface area contributed by atoms with E-state index in [0.29, 0.717) is 6.42 Å². The SMILES string of the molecule is CCOC(=O)C(C(=O)C(C)(CC)OC)C(C)C. The molecule has 0 saturated heterocycles. The van der Waals surface area contributed by atoms with Gasteiger partial charge in [-0.2, -0.15) is 0 Å². The van der Waals surface area contributed by atoms with Gasteiger partial charge in [-0.25, -0.2) is 0 Å². The predicted octanol–water partition coefficient (Wildman–Crippen LogP) is 2.21. The molecule has 4 heteroatoms. The Morgan fingerprint density at radius 1 is 1.24 bits per heavy atom. The van der Waals surface area contributed by atoms with Crippen LogP contribution < -0.4 is 0 Å². The second-order valence-electron chi connectivity index (χ2n) is 4.63. The summed E-state index contributed by atoms with van der Waals surface area (Å²) < 4.78 is 10.2. The molecule has 0 aromatic heterocycles. The number of hydrogen-bond acceptors (Lipinski definition) is 4. The van der Waals surface area contributed by atoms with Crippen molar-refractivity contribution >= 4 is 11.8 Å². The number of carbonyl (C=O) groups is 2. The Hall–Kier alpha value is -0.900.